The van der Waals surface area contributed by atoms with Crippen molar-refractivity contribution in [1.29, 1.82) is 0 Å². The monoisotopic (exact) mass is 783 g/mol. The first-order valence-electron chi connectivity index (χ1n) is 19.0. The zero-order chi connectivity index (χ0) is 43.6. The lowest BCUT2D eigenvalue weighted by Crippen LogP contribution is -2.21. The van der Waals surface area contributed by atoms with Gasteiger partial charge in [0.2, 0.25) is 6.41 Å². The Labute approximate surface area is 342 Å². The molecule has 0 atom stereocenters. The molecule has 5 aromatic rings. The Bertz CT molecular complexity index is 1930. The fraction of sp³-hybridized carbons (Fsp3) is 0.326. The molecule has 3 aromatic carbocycles. The number of benzene rings is 3. The predicted molar refractivity (Wildman–Crippen MR) is 243 cm³/mol. The van der Waals surface area contributed by atoms with Crippen LogP contribution >= 0.6 is 0 Å². The summed E-state index contributed by atoms with van der Waals surface area (Å²) in [5.41, 5.74) is 12.6. The van der Waals surface area contributed by atoms with Gasteiger partial charge in [0.05, 0.1) is 12.8 Å². The minimum Gasteiger partial charge on any atom is -0.504 e. The van der Waals surface area contributed by atoms with E-state index in [1.807, 2.05) is 166 Å². The number of aromatic hydroxyl groups is 1. The Balaban J connectivity index is 0. The third-order valence-corrected chi connectivity index (χ3v) is 7.14. The quantitative estimate of drug-likeness (QED) is 0.0832. The molecule has 0 spiro atoms. The predicted octanol–water partition coefficient (Wildman–Crippen LogP) is 8.23. The van der Waals surface area contributed by atoms with E-state index in [0.29, 0.717) is 29.6 Å². The number of nitrogens with one attached hydrogen (secondary N) is 3. The highest BCUT2D eigenvalue weighted by atomic mass is 16.5. The fourth-order valence-corrected chi connectivity index (χ4v) is 4.41. The number of phenolic OH excluding ortho intramolecular Hbond substituents is 1. The number of ether oxygens (including phenoxy) is 1. The van der Waals surface area contributed by atoms with Crippen molar-refractivity contribution in [2.45, 2.75) is 61.1 Å². The van der Waals surface area contributed by atoms with Crippen molar-refractivity contribution in [3.63, 3.8) is 0 Å². The zero-order valence-corrected chi connectivity index (χ0v) is 36.7. The van der Waals surface area contributed by atoms with Gasteiger partial charge >= 0.3 is 0 Å². The number of nitrogens with two attached hydrogens (primary N) is 1. The summed E-state index contributed by atoms with van der Waals surface area (Å²) < 4.78 is 9.04. The minimum atomic E-state index is 0.188. The number of carbonyl (C=O) groups is 1. The van der Waals surface area contributed by atoms with Gasteiger partial charge < -0.3 is 40.7 Å². The molecule has 6 N–H and O–H groups in total. The number of nitrogen functional groups attached to an aromatic ring is 1. The first kappa shape index (κ1) is 53.2. The van der Waals surface area contributed by atoms with Crippen LogP contribution in [0.3, 0.4) is 0 Å². The third-order valence-electron chi connectivity index (χ3n) is 7.14. The fourth-order valence-electron chi connectivity index (χ4n) is 4.41. The SMILES string of the molecule is C=C(N=c1ccccn1C(C)C)c1ccccc1NC=O.CC.CCn1ccccc1=NC.CNC.CNC.COc1cc(C)ccc1O.Cc1ccccc1N. The van der Waals surface area contributed by atoms with Crippen molar-refractivity contribution in [1.82, 2.24) is 19.8 Å². The number of nitrogens with zero attached hydrogens (tertiary/aromatic N) is 4. The number of carbonyl (C=O) groups excluding carboxylic acids is 1. The van der Waals surface area contributed by atoms with Crippen LogP contribution in [0.2, 0.25) is 0 Å². The molecule has 0 radical (unpaired) electrons. The summed E-state index contributed by atoms with van der Waals surface area (Å²) in [5.74, 6) is 0.716. The number of phenols is 1. The maximum atomic E-state index is 10.7. The van der Waals surface area contributed by atoms with E-state index in [1.54, 1.807) is 12.1 Å². The van der Waals surface area contributed by atoms with Gasteiger partial charge in [-0.25, -0.2) is 4.99 Å². The van der Waals surface area contributed by atoms with E-state index in [4.69, 9.17) is 15.6 Å². The van der Waals surface area contributed by atoms with Crippen LogP contribution < -0.4 is 37.4 Å². The highest BCUT2D eigenvalue weighted by Crippen LogP contribution is 2.25. The first-order chi connectivity index (χ1) is 27.4. The number of pyridine rings is 2. The average Bonchev–Trinajstić information content (AvgIpc) is 3.22. The Kier molecular flexibility index (Phi) is 31.2. The standard InChI is InChI=1S/C17H19N3O.C8H12N2.C8H10O2.C7H9N.2C2H7N.C2H6/c1-13(2)20-11-7-6-10-17(20)19-14(3)15-8-4-5-9-16(15)18-12-21;1-3-10-7-5-4-6-8(10)9-2;1-6-3-4-7(9)8(5-6)10-2;1-6-4-2-3-5-7(6)8;2*1-3-2;1-2/h4-13H,3H2,1-2H3,(H,18,21);4-7H,3H2,1-2H3;3-5,9H,1-2H3;2-5H,8H2,1H3;2*3H,1-2H3;1-2H3. The number of amides is 1. The molecule has 0 unspecified atom stereocenters. The highest BCUT2D eigenvalue weighted by Gasteiger charge is 2.05. The lowest BCUT2D eigenvalue weighted by molar-refractivity contribution is -0.105. The van der Waals surface area contributed by atoms with Gasteiger partial charge in [0, 0.05) is 49.0 Å². The van der Waals surface area contributed by atoms with E-state index < -0.39 is 0 Å². The van der Waals surface area contributed by atoms with Crippen LogP contribution in [0.15, 0.2) is 132 Å². The molecule has 0 saturated heterocycles. The molecule has 2 aromatic heterocycles. The van der Waals surface area contributed by atoms with Gasteiger partial charge in [0.25, 0.3) is 0 Å². The average molecular weight is 783 g/mol. The molecule has 0 bridgehead atoms. The van der Waals surface area contributed by atoms with Crippen molar-refractivity contribution in [2.24, 2.45) is 9.98 Å². The number of aromatic nitrogens is 2. The molecular formula is C46H70N8O3. The van der Waals surface area contributed by atoms with Crippen molar-refractivity contribution in [3.05, 3.63) is 150 Å². The molecule has 11 heteroatoms. The number of hydrogen-bond acceptors (Lipinski definition) is 8. The number of aryl methyl sites for hydroxylation is 3. The summed E-state index contributed by atoms with van der Waals surface area (Å²) in [5, 5.41) is 17.3. The Hall–Kier alpha value is -5.91. The third kappa shape index (κ3) is 22.3. The number of anilines is 2. The van der Waals surface area contributed by atoms with Gasteiger partial charge in [0.15, 0.2) is 11.5 Å². The maximum absolute atomic E-state index is 10.7. The van der Waals surface area contributed by atoms with Crippen LogP contribution in [0.25, 0.3) is 5.70 Å². The van der Waals surface area contributed by atoms with Gasteiger partial charge in [-0.05, 0) is 122 Å². The van der Waals surface area contributed by atoms with Crippen LogP contribution in [0.4, 0.5) is 11.4 Å². The molecule has 0 aliphatic carbocycles. The van der Waals surface area contributed by atoms with E-state index in [1.165, 1.54) is 7.11 Å². The molecule has 57 heavy (non-hydrogen) atoms. The Morgan fingerprint density at radius 3 is 1.88 bits per heavy atom. The number of rotatable bonds is 7. The first-order valence-corrected chi connectivity index (χ1v) is 19.0. The van der Waals surface area contributed by atoms with E-state index >= 15 is 0 Å². The van der Waals surface area contributed by atoms with Crippen LogP contribution in [0.1, 0.15) is 57.4 Å². The van der Waals surface area contributed by atoms with Crippen molar-refractivity contribution >= 4 is 23.5 Å². The van der Waals surface area contributed by atoms with E-state index in [0.717, 1.165) is 39.9 Å². The van der Waals surface area contributed by atoms with Crippen molar-refractivity contribution in [2.75, 3.05) is 53.4 Å². The van der Waals surface area contributed by atoms with Crippen LogP contribution in [-0.2, 0) is 11.3 Å². The molecule has 2 heterocycles. The second-order valence-electron chi connectivity index (χ2n) is 12.0. The van der Waals surface area contributed by atoms with Gasteiger partial charge in [-0.3, -0.25) is 9.79 Å². The van der Waals surface area contributed by atoms with Gasteiger partial charge in [-0.1, -0.05) is 75.0 Å². The van der Waals surface area contributed by atoms with Gasteiger partial charge in [0.1, 0.15) is 11.0 Å². The zero-order valence-electron chi connectivity index (χ0n) is 36.7. The lowest BCUT2D eigenvalue weighted by atomic mass is 10.1. The number of hydrogen-bond donors (Lipinski definition) is 5. The van der Waals surface area contributed by atoms with Gasteiger partial charge in [-0.2, -0.15) is 0 Å². The molecule has 0 aliphatic heterocycles. The molecule has 0 fully saturated rings. The molecule has 312 valence electrons. The summed E-state index contributed by atoms with van der Waals surface area (Å²) in [6.07, 6.45) is 4.68. The van der Waals surface area contributed by atoms with Crippen LogP contribution in [0.5, 0.6) is 11.5 Å². The Morgan fingerprint density at radius 1 is 0.860 bits per heavy atom. The minimum absolute atomic E-state index is 0.188. The number of methoxy groups -OCH3 is 1. The summed E-state index contributed by atoms with van der Waals surface area (Å²) in [4.78, 5) is 19.4. The lowest BCUT2D eigenvalue weighted by Gasteiger charge is -2.12. The van der Waals surface area contributed by atoms with E-state index in [9.17, 15) is 4.79 Å². The van der Waals surface area contributed by atoms with E-state index in [-0.39, 0.29) is 5.75 Å². The van der Waals surface area contributed by atoms with Crippen molar-refractivity contribution < 1.29 is 14.6 Å². The van der Waals surface area contributed by atoms with Crippen LogP contribution in [0, 0.1) is 13.8 Å². The molecule has 0 saturated carbocycles. The molecule has 11 nitrogen and oxygen atoms in total. The second-order valence-corrected chi connectivity index (χ2v) is 12.0. The molecule has 0 aliphatic rings. The topological polar surface area (TPSA) is 143 Å². The largest absolute Gasteiger partial charge is 0.504 e. The smallest absolute Gasteiger partial charge is 0.211 e. The number of para-hydroxylation sites is 2. The van der Waals surface area contributed by atoms with Gasteiger partial charge in [-0.15, -0.1) is 0 Å². The normalized spacial score (nSPS) is 10.0. The molecule has 1 amide bonds. The summed E-state index contributed by atoms with van der Waals surface area (Å²) in [6, 6.07) is 32.7. The van der Waals surface area contributed by atoms with Crippen LogP contribution in [-0.4, -0.2) is 63.0 Å². The second kappa shape index (κ2) is 33.4. The summed E-state index contributed by atoms with van der Waals surface area (Å²) >= 11 is 0. The molecular weight excluding hydrogens is 713 g/mol. The Morgan fingerprint density at radius 2 is 1.40 bits per heavy atom. The maximum Gasteiger partial charge on any atom is 0.211 e. The summed E-state index contributed by atoms with van der Waals surface area (Å²) in [6.45, 7) is 19.3. The molecule has 5 rings (SSSR count). The summed E-state index contributed by atoms with van der Waals surface area (Å²) in [7, 11) is 10.8. The van der Waals surface area contributed by atoms with E-state index in [2.05, 4.69) is 62.4 Å². The van der Waals surface area contributed by atoms with Crippen molar-refractivity contribution in [3.8, 4) is 11.5 Å². The highest BCUT2D eigenvalue weighted by molar-refractivity contribution is 5.82.